The van der Waals surface area contributed by atoms with Crippen molar-refractivity contribution in [1.29, 1.82) is 0 Å². The van der Waals surface area contributed by atoms with E-state index in [1.165, 1.54) is 21.0 Å². The van der Waals surface area contributed by atoms with Gasteiger partial charge in [-0.1, -0.05) is 5.92 Å². The first-order valence-electron chi connectivity index (χ1n) is 5.45. The fourth-order valence-corrected chi connectivity index (χ4v) is 1.20. The van der Waals surface area contributed by atoms with Crippen molar-refractivity contribution in [3.63, 3.8) is 0 Å². The number of terminal acetylenes is 1. The van der Waals surface area contributed by atoms with Gasteiger partial charge in [-0.2, -0.15) is 0 Å². The van der Waals surface area contributed by atoms with E-state index in [0.717, 1.165) is 0 Å². The van der Waals surface area contributed by atoms with Crippen LogP contribution >= 0.6 is 0 Å². The van der Waals surface area contributed by atoms with Gasteiger partial charge in [-0.05, 0) is 13.8 Å². The Morgan fingerprint density at radius 2 is 2.11 bits per heavy atom. The van der Waals surface area contributed by atoms with Crippen LogP contribution in [-0.2, 0) is 19.1 Å². The van der Waals surface area contributed by atoms with Crippen LogP contribution in [0.25, 0.3) is 5.73 Å². The van der Waals surface area contributed by atoms with Crippen molar-refractivity contribution >= 4 is 11.9 Å². The van der Waals surface area contributed by atoms with Crippen LogP contribution in [0.5, 0.6) is 0 Å². The molecule has 0 aliphatic heterocycles. The maximum Gasteiger partial charge on any atom is 0.330 e. The SMILES string of the molecule is C#CCOC[C@H](C[NH-])C(=O)NC(C)(C)C(=O)OC. The largest absolute Gasteiger partial charge is 0.677 e. The third kappa shape index (κ3) is 5.17. The molecule has 0 unspecified atom stereocenters. The summed E-state index contributed by atoms with van der Waals surface area (Å²) in [5, 5.41) is 2.52. The van der Waals surface area contributed by atoms with E-state index < -0.39 is 23.3 Å². The molecule has 0 aromatic heterocycles. The van der Waals surface area contributed by atoms with Gasteiger partial charge in [-0.15, -0.1) is 13.0 Å². The van der Waals surface area contributed by atoms with Crippen LogP contribution in [0.2, 0.25) is 0 Å². The Labute approximate surface area is 107 Å². The fourth-order valence-electron chi connectivity index (χ4n) is 1.20. The predicted octanol–water partition coefficient (Wildman–Crippen LogP) is 0.372. The molecular weight excluding hydrogens is 236 g/mol. The molecule has 0 aliphatic carbocycles. The van der Waals surface area contributed by atoms with Gasteiger partial charge < -0.3 is 20.5 Å². The maximum absolute atomic E-state index is 11.8. The minimum absolute atomic E-state index is 0.0524. The second-order valence-corrected chi connectivity index (χ2v) is 4.23. The normalized spacial score (nSPS) is 12.4. The molecule has 0 fully saturated rings. The number of ether oxygens (including phenoxy) is 2. The summed E-state index contributed by atoms with van der Waals surface area (Å²) < 4.78 is 9.59. The first-order valence-corrected chi connectivity index (χ1v) is 5.45. The molecule has 0 heterocycles. The second kappa shape index (κ2) is 7.69. The van der Waals surface area contributed by atoms with E-state index in [0.29, 0.717) is 0 Å². The monoisotopic (exact) mass is 255 g/mol. The van der Waals surface area contributed by atoms with Gasteiger partial charge in [-0.3, -0.25) is 4.79 Å². The molecule has 0 aliphatic rings. The molecule has 1 atom stereocenters. The molecule has 0 saturated carbocycles. The number of methoxy groups -OCH3 is 1. The van der Waals surface area contributed by atoms with Gasteiger partial charge in [0.15, 0.2) is 0 Å². The van der Waals surface area contributed by atoms with E-state index in [2.05, 4.69) is 16.0 Å². The van der Waals surface area contributed by atoms with Crippen LogP contribution in [-0.4, -0.2) is 44.3 Å². The molecular formula is C12H19N2O4-. The second-order valence-electron chi connectivity index (χ2n) is 4.23. The maximum atomic E-state index is 11.8. The molecule has 0 bridgehead atoms. The van der Waals surface area contributed by atoms with Crippen molar-refractivity contribution in [1.82, 2.24) is 5.32 Å². The molecule has 2 N–H and O–H groups in total. The molecule has 0 spiro atoms. The zero-order valence-corrected chi connectivity index (χ0v) is 10.9. The quantitative estimate of drug-likeness (QED) is 0.404. The summed E-state index contributed by atoms with van der Waals surface area (Å²) in [6.07, 6.45) is 5.01. The number of hydrogen-bond donors (Lipinski definition) is 1. The van der Waals surface area contributed by atoms with Crippen molar-refractivity contribution < 1.29 is 19.1 Å². The van der Waals surface area contributed by atoms with Crippen molar-refractivity contribution in [2.45, 2.75) is 19.4 Å². The number of nitrogens with one attached hydrogen (secondary N) is 2. The van der Waals surface area contributed by atoms with Crippen LogP contribution < -0.4 is 5.32 Å². The first kappa shape index (κ1) is 16.4. The first-order chi connectivity index (χ1) is 8.38. The van der Waals surface area contributed by atoms with E-state index in [1.54, 1.807) is 0 Å². The van der Waals surface area contributed by atoms with Gasteiger partial charge in [0.2, 0.25) is 5.91 Å². The van der Waals surface area contributed by atoms with Gasteiger partial charge in [0.05, 0.1) is 13.7 Å². The van der Waals surface area contributed by atoms with E-state index in [9.17, 15) is 9.59 Å². The third-order valence-corrected chi connectivity index (χ3v) is 2.25. The highest BCUT2D eigenvalue weighted by molar-refractivity contribution is 5.88. The lowest BCUT2D eigenvalue weighted by Gasteiger charge is -2.26. The van der Waals surface area contributed by atoms with Crippen molar-refractivity contribution in [3.05, 3.63) is 5.73 Å². The average Bonchev–Trinajstić information content (AvgIpc) is 2.32. The van der Waals surface area contributed by atoms with Crippen LogP contribution in [0.1, 0.15) is 13.8 Å². The molecule has 0 rings (SSSR count). The summed E-state index contributed by atoms with van der Waals surface area (Å²) in [4.78, 5) is 23.2. The number of carbonyl (C=O) groups is 2. The van der Waals surface area contributed by atoms with Gasteiger partial charge in [0.25, 0.3) is 0 Å². The highest BCUT2D eigenvalue weighted by atomic mass is 16.5. The average molecular weight is 255 g/mol. The Kier molecular flexibility index (Phi) is 7.01. The van der Waals surface area contributed by atoms with E-state index in [-0.39, 0.29) is 19.8 Å². The highest BCUT2D eigenvalue weighted by Crippen LogP contribution is 2.08. The Hall–Kier alpha value is -1.58. The summed E-state index contributed by atoms with van der Waals surface area (Å²) in [5.41, 5.74) is 6.14. The number of esters is 1. The third-order valence-electron chi connectivity index (χ3n) is 2.25. The topological polar surface area (TPSA) is 88.4 Å². The molecule has 102 valence electrons. The predicted molar refractivity (Wildman–Crippen MR) is 66.6 cm³/mol. The molecule has 0 aromatic carbocycles. The smallest absolute Gasteiger partial charge is 0.330 e. The molecule has 0 radical (unpaired) electrons. The van der Waals surface area contributed by atoms with Crippen LogP contribution in [0.15, 0.2) is 0 Å². The molecule has 6 heteroatoms. The zero-order valence-electron chi connectivity index (χ0n) is 10.9. The zero-order chi connectivity index (χ0) is 14.2. The molecule has 18 heavy (non-hydrogen) atoms. The van der Waals surface area contributed by atoms with E-state index in [1.807, 2.05) is 0 Å². The summed E-state index contributed by atoms with van der Waals surface area (Å²) >= 11 is 0. The lowest BCUT2D eigenvalue weighted by atomic mass is 10.0. The Morgan fingerprint density at radius 3 is 2.56 bits per heavy atom. The van der Waals surface area contributed by atoms with Gasteiger partial charge in [0, 0.05) is 5.92 Å². The number of carbonyl (C=O) groups excluding carboxylic acids is 2. The minimum Gasteiger partial charge on any atom is -0.677 e. The Morgan fingerprint density at radius 1 is 1.50 bits per heavy atom. The lowest BCUT2D eigenvalue weighted by Crippen LogP contribution is -2.53. The minimum atomic E-state index is -1.13. The summed E-state index contributed by atoms with van der Waals surface area (Å²) in [7, 11) is 1.24. The molecule has 6 nitrogen and oxygen atoms in total. The van der Waals surface area contributed by atoms with Crippen molar-refractivity contribution in [3.8, 4) is 12.3 Å². The summed E-state index contributed by atoms with van der Waals surface area (Å²) in [5.74, 6) is 0.623. The fraction of sp³-hybridized carbons (Fsp3) is 0.667. The van der Waals surface area contributed by atoms with Crippen LogP contribution in [0, 0.1) is 18.3 Å². The number of hydrogen-bond acceptors (Lipinski definition) is 4. The van der Waals surface area contributed by atoms with Crippen LogP contribution in [0.4, 0.5) is 0 Å². The number of amides is 1. The molecule has 1 amide bonds. The molecule has 0 aromatic rings. The molecule has 0 saturated heterocycles. The van der Waals surface area contributed by atoms with Gasteiger partial charge >= 0.3 is 5.97 Å². The summed E-state index contributed by atoms with van der Waals surface area (Å²) in [6.45, 7) is 3.05. The lowest BCUT2D eigenvalue weighted by molar-refractivity contribution is -0.150. The standard InChI is InChI=1S/C12H19N2O4/c1-5-6-18-8-9(7-13)10(15)14-12(2,3)11(16)17-4/h1,9,13H,6-8H2,2-4H3,(H,14,15)/q-1/t9-/m0/s1. The van der Waals surface area contributed by atoms with E-state index in [4.69, 9.17) is 16.9 Å². The van der Waals surface area contributed by atoms with Crippen molar-refractivity contribution in [2.24, 2.45) is 5.92 Å². The Balaban J connectivity index is 4.44. The number of rotatable bonds is 7. The highest BCUT2D eigenvalue weighted by Gasteiger charge is 2.32. The van der Waals surface area contributed by atoms with Crippen LogP contribution in [0.3, 0.4) is 0 Å². The van der Waals surface area contributed by atoms with Gasteiger partial charge in [0.1, 0.15) is 12.1 Å². The summed E-state index contributed by atoms with van der Waals surface area (Å²) in [6, 6.07) is 0. The van der Waals surface area contributed by atoms with Gasteiger partial charge in [-0.25, -0.2) is 4.79 Å². The van der Waals surface area contributed by atoms with E-state index >= 15 is 0 Å². The van der Waals surface area contributed by atoms with Crippen molar-refractivity contribution in [2.75, 3.05) is 26.9 Å². The Bertz CT molecular complexity index is 333.